The molecular formula is C19H20BrNO3. The van der Waals surface area contributed by atoms with Crippen LogP contribution in [0.3, 0.4) is 0 Å². The van der Waals surface area contributed by atoms with Crippen molar-refractivity contribution < 1.29 is 9.66 Å². The van der Waals surface area contributed by atoms with E-state index < -0.39 is 0 Å². The average molecular weight is 390 g/mol. The summed E-state index contributed by atoms with van der Waals surface area (Å²) in [6, 6.07) is 17.1. The summed E-state index contributed by atoms with van der Waals surface area (Å²) in [7, 11) is 0. The fourth-order valence-electron chi connectivity index (χ4n) is 3.14. The number of nitro benzene ring substituents is 1. The second-order valence-electron chi connectivity index (χ2n) is 6.19. The zero-order valence-corrected chi connectivity index (χ0v) is 14.9. The van der Waals surface area contributed by atoms with Gasteiger partial charge in [0.25, 0.3) is 5.69 Å². The summed E-state index contributed by atoms with van der Waals surface area (Å²) in [5.41, 5.74) is 2.45. The Bertz CT molecular complexity index is 675. The SMILES string of the molecule is O=[N+]([O-])c1ccc([C@H]2C[C@@H](Br)C[C@@H](CCc3ccccc3)O2)cc1. The normalized spacial score (nSPS) is 23.8. The van der Waals surface area contributed by atoms with Crippen LogP contribution in [-0.4, -0.2) is 15.9 Å². The quantitative estimate of drug-likeness (QED) is 0.400. The summed E-state index contributed by atoms with van der Waals surface area (Å²) in [5, 5.41) is 10.8. The molecule has 1 saturated heterocycles. The highest BCUT2D eigenvalue weighted by Gasteiger charge is 2.29. The summed E-state index contributed by atoms with van der Waals surface area (Å²) in [4.78, 5) is 10.8. The number of nitrogens with zero attached hydrogens (tertiary/aromatic N) is 1. The van der Waals surface area contributed by atoms with E-state index in [1.807, 2.05) is 18.2 Å². The average Bonchev–Trinajstić information content (AvgIpc) is 2.60. The van der Waals surface area contributed by atoms with Gasteiger partial charge in [-0.2, -0.15) is 0 Å². The topological polar surface area (TPSA) is 52.4 Å². The first kappa shape index (κ1) is 17.1. The van der Waals surface area contributed by atoms with Crippen LogP contribution in [0, 0.1) is 10.1 Å². The van der Waals surface area contributed by atoms with E-state index in [1.54, 1.807) is 12.1 Å². The number of non-ortho nitro benzene ring substituents is 1. The van der Waals surface area contributed by atoms with Gasteiger partial charge in [-0.15, -0.1) is 0 Å². The molecule has 1 fully saturated rings. The van der Waals surface area contributed by atoms with Crippen LogP contribution in [0.15, 0.2) is 54.6 Å². The minimum atomic E-state index is -0.374. The lowest BCUT2D eigenvalue weighted by molar-refractivity contribution is -0.384. The second kappa shape index (κ2) is 7.90. The summed E-state index contributed by atoms with van der Waals surface area (Å²) in [6.45, 7) is 0. The lowest BCUT2D eigenvalue weighted by Gasteiger charge is -2.33. The molecule has 2 aromatic rings. The van der Waals surface area contributed by atoms with Crippen LogP contribution in [0.4, 0.5) is 5.69 Å². The van der Waals surface area contributed by atoms with Gasteiger partial charge in [0.15, 0.2) is 0 Å². The number of nitro groups is 1. The van der Waals surface area contributed by atoms with Crippen molar-refractivity contribution in [2.75, 3.05) is 0 Å². The lowest BCUT2D eigenvalue weighted by atomic mass is 9.95. The molecule has 2 aromatic carbocycles. The van der Waals surface area contributed by atoms with Crippen LogP contribution in [0.5, 0.6) is 0 Å². The number of hydrogen-bond donors (Lipinski definition) is 0. The third kappa shape index (κ3) is 4.42. The molecule has 0 N–H and O–H groups in total. The van der Waals surface area contributed by atoms with Gasteiger partial charge in [0.1, 0.15) is 0 Å². The van der Waals surface area contributed by atoms with Gasteiger partial charge in [0.2, 0.25) is 0 Å². The van der Waals surface area contributed by atoms with E-state index in [-0.39, 0.29) is 22.8 Å². The molecule has 126 valence electrons. The Balaban J connectivity index is 1.63. The molecule has 5 heteroatoms. The maximum Gasteiger partial charge on any atom is 0.269 e. The maximum absolute atomic E-state index is 10.8. The minimum Gasteiger partial charge on any atom is -0.370 e. The molecular weight excluding hydrogens is 370 g/mol. The summed E-state index contributed by atoms with van der Waals surface area (Å²) >= 11 is 3.74. The van der Waals surface area contributed by atoms with Crippen molar-refractivity contribution >= 4 is 21.6 Å². The maximum atomic E-state index is 10.8. The van der Waals surface area contributed by atoms with Gasteiger partial charge in [0.05, 0.1) is 17.1 Å². The molecule has 1 heterocycles. The van der Waals surface area contributed by atoms with Crippen molar-refractivity contribution in [3.8, 4) is 0 Å². The van der Waals surface area contributed by atoms with Crippen LogP contribution in [0.1, 0.15) is 36.5 Å². The Kier molecular flexibility index (Phi) is 5.63. The Labute approximate surface area is 150 Å². The van der Waals surface area contributed by atoms with Gasteiger partial charge in [-0.3, -0.25) is 10.1 Å². The second-order valence-corrected chi connectivity index (χ2v) is 7.48. The van der Waals surface area contributed by atoms with E-state index in [4.69, 9.17) is 4.74 Å². The predicted octanol–water partition coefficient (Wildman–Crippen LogP) is 5.21. The number of benzene rings is 2. The van der Waals surface area contributed by atoms with Gasteiger partial charge in [0, 0.05) is 17.0 Å². The summed E-state index contributed by atoms with van der Waals surface area (Å²) < 4.78 is 6.27. The van der Waals surface area contributed by atoms with Crippen molar-refractivity contribution in [3.05, 3.63) is 75.8 Å². The zero-order valence-electron chi connectivity index (χ0n) is 13.3. The number of halogens is 1. The van der Waals surface area contributed by atoms with Gasteiger partial charge in [-0.1, -0.05) is 46.3 Å². The number of aryl methyl sites for hydroxylation is 1. The molecule has 0 aromatic heterocycles. The first-order chi connectivity index (χ1) is 11.6. The van der Waals surface area contributed by atoms with Gasteiger partial charge in [-0.05, 0) is 48.9 Å². The first-order valence-electron chi connectivity index (χ1n) is 8.19. The Morgan fingerprint density at radius 1 is 1.08 bits per heavy atom. The molecule has 0 saturated carbocycles. The van der Waals surface area contributed by atoms with Crippen LogP contribution in [0.2, 0.25) is 0 Å². The molecule has 3 atom stereocenters. The third-order valence-electron chi connectivity index (χ3n) is 4.42. The monoisotopic (exact) mass is 389 g/mol. The van der Waals surface area contributed by atoms with E-state index >= 15 is 0 Å². The summed E-state index contributed by atoms with van der Waals surface area (Å²) in [6.07, 6.45) is 4.05. The van der Waals surface area contributed by atoms with Gasteiger partial charge in [-0.25, -0.2) is 0 Å². The van der Waals surface area contributed by atoms with Crippen molar-refractivity contribution in [3.63, 3.8) is 0 Å². The van der Waals surface area contributed by atoms with E-state index in [2.05, 4.69) is 40.2 Å². The fourth-order valence-corrected chi connectivity index (χ4v) is 3.90. The lowest BCUT2D eigenvalue weighted by Crippen LogP contribution is -2.29. The zero-order chi connectivity index (χ0) is 16.9. The molecule has 0 bridgehead atoms. The molecule has 0 unspecified atom stereocenters. The molecule has 0 aliphatic carbocycles. The van der Waals surface area contributed by atoms with Crippen LogP contribution in [-0.2, 0) is 11.2 Å². The van der Waals surface area contributed by atoms with Crippen LogP contribution >= 0.6 is 15.9 Å². The largest absolute Gasteiger partial charge is 0.370 e. The van der Waals surface area contributed by atoms with E-state index in [9.17, 15) is 10.1 Å². The highest BCUT2D eigenvalue weighted by molar-refractivity contribution is 9.09. The number of rotatable bonds is 5. The van der Waals surface area contributed by atoms with Crippen molar-refractivity contribution in [2.45, 2.75) is 42.7 Å². The highest BCUT2D eigenvalue weighted by Crippen LogP contribution is 2.36. The highest BCUT2D eigenvalue weighted by atomic mass is 79.9. The molecule has 24 heavy (non-hydrogen) atoms. The van der Waals surface area contributed by atoms with E-state index in [0.717, 1.165) is 31.2 Å². The smallest absolute Gasteiger partial charge is 0.269 e. The molecule has 3 rings (SSSR count). The minimum absolute atomic E-state index is 0.00953. The number of ether oxygens (including phenoxy) is 1. The molecule has 0 radical (unpaired) electrons. The fraction of sp³-hybridized carbons (Fsp3) is 0.368. The Morgan fingerprint density at radius 3 is 2.46 bits per heavy atom. The van der Waals surface area contributed by atoms with Crippen molar-refractivity contribution in [1.82, 2.24) is 0 Å². The Hall–Kier alpha value is -1.72. The third-order valence-corrected chi connectivity index (χ3v) is 5.17. The molecule has 1 aliphatic rings. The van der Waals surface area contributed by atoms with Gasteiger partial charge < -0.3 is 4.74 Å². The van der Waals surface area contributed by atoms with Crippen molar-refractivity contribution in [1.29, 1.82) is 0 Å². The molecule has 0 amide bonds. The number of hydrogen-bond acceptors (Lipinski definition) is 3. The summed E-state index contributed by atoms with van der Waals surface area (Å²) in [5.74, 6) is 0. The van der Waals surface area contributed by atoms with Gasteiger partial charge >= 0.3 is 0 Å². The Morgan fingerprint density at radius 2 is 1.79 bits per heavy atom. The van der Waals surface area contributed by atoms with E-state index in [1.165, 1.54) is 5.56 Å². The number of alkyl halides is 1. The standard InChI is InChI=1S/C19H20BrNO3/c20-16-12-18(11-6-14-4-2-1-3-5-14)24-19(13-16)15-7-9-17(10-8-15)21(22)23/h1-5,7-10,16,18-19H,6,11-13H2/t16-,18+,19+/m0/s1. The first-order valence-corrected chi connectivity index (χ1v) is 9.11. The molecule has 1 aliphatic heterocycles. The molecule has 4 nitrogen and oxygen atoms in total. The van der Waals surface area contributed by atoms with Crippen molar-refractivity contribution in [2.24, 2.45) is 0 Å². The predicted molar refractivity (Wildman–Crippen MR) is 97.4 cm³/mol. The molecule has 0 spiro atoms. The van der Waals surface area contributed by atoms with Crippen LogP contribution in [0.25, 0.3) is 0 Å². The van der Waals surface area contributed by atoms with Crippen LogP contribution < -0.4 is 0 Å². The van der Waals surface area contributed by atoms with E-state index in [0.29, 0.717) is 4.83 Å².